The highest BCUT2D eigenvalue weighted by Crippen LogP contribution is 2.19. The quantitative estimate of drug-likeness (QED) is 0.774. The molecule has 0 bridgehead atoms. The first kappa shape index (κ1) is 10.2. The van der Waals surface area contributed by atoms with E-state index in [1.54, 1.807) is 0 Å². The average molecular weight is 224 g/mol. The van der Waals surface area contributed by atoms with E-state index in [4.69, 9.17) is 17.3 Å². The molecule has 0 saturated carbocycles. The zero-order valence-electron chi connectivity index (χ0n) is 6.49. The van der Waals surface area contributed by atoms with Gasteiger partial charge in [-0.3, -0.25) is 0 Å². The van der Waals surface area contributed by atoms with Crippen LogP contribution in [0.3, 0.4) is 0 Å². The van der Waals surface area contributed by atoms with Crippen molar-refractivity contribution in [3.63, 3.8) is 0 Å². The molecule has 1 aromatic heterocycles. The summed E-state index contributed by atoms with van der Waals surface area (Å²) in [6.07, 6.45) is 1.05. The minimum Gasteiger partial charge on any atom is -0.330 e. The van der Waals surface area contributed by atoms with E-state index < -0.39 is 0 Å². The van der Waals surface area contributed by atoms with Gasteiger partial charge in [0.1, 0.15) is 5.01 Å². The largest absolute Gasteiger partial charge is 0.330 e. The number of aromatic nitrogens is 2. The summed E-state index contributed by atoms with van der Waals surface area (Å²) in [6.45, 7) is 0.754. The van der Waals surface area contributed by atoms with Crippen molar-refractivity contribution in [2.24, 2.45) is 5.73 Å². The number of nitrogens with zero attached hydrogens (tertiary/aromatic N) is 2. The van der Waals surface area contributed by atoms with Crippen LogP contribution < -0.4 is 5.73 Å². The Balaban J connectivity index is 2.15. The van der Waals surface area contributed by atoms with Crippen LogP contribution in [-0.4, -0.2) is 22.5 Å². The molecule has 12 heavy (non-hydrogen) atoms. The molecule has 2 N–H and O–H groups in total. The van der Waals surface area contributed by atoms with Gasteiger partial charge in [0, 0.05) is 5.75 Å². The lowest BCUT2D eigenvalue weighted by Gasteiger charge is -1.94. The predicted molar refractivity (Wildman–Crippen MR) is 54.8 cm³/mol. The van der Waals surface area contributed by atoms with Crippen LogP contribution in [0, 0.1) is 0 Å². The summed E-state index contributed by atoms with van der Waals surface area (Å²) in [5.74, 6) is 1.97. The van der Waals surface area contributed by atoms with E-state index in [1.807, 2.05) is 11.8 Å². The fourth-order valence-corrected chi connectivity index (χ4v) is 2.53. The Morgan fingerprint density at radius 1 is 1.50 bits per heavy atom. The van der Waals surface area contributed by atoms with E-state index in [0.29, 0.717) is 4.47 Å². The second-order valence-electron chi connectivity index (χ2n) is 2.14. The molecule has 0 unspecified atom stereocenters. The molecule has 1 rings (SSSR count). The molecule has 0 amide bonds. The summed E-state index contributed by atoms with van der Waals surface area (Å²) in [6, 6.07) is 0. The van der Waals surface area contributed by atoms with Gasteiger partial charge < -0.3 is 5.73 Å². The van der Waals surface area contributed by atoms with Crippen LogP contribution in [0.15, 0.2) is 0 Å². The molecule has 0 radical (unpaired) electrons. The molecule has 0 saturated heterocycles. The third kappa shape index (κ3) is 3.71. The summed E-state index contributed by atoms with van der Waals surface area (Å²) in [4.78, 5) is 0. The highest BCUT2D eigenvalue weighted by molar-refractivity contribution is 7.98. The molecule has 3 nitrogen and oxygen atoms in total. The van der Waals surface area contributed by atoms with Gasteiger partial charge in [0.2, 0.25) is 4.47 Å². The van der Waals surface area contributed by atoms with E-state index in [0.717, 1.165) is 29.5 Å². The first-order chi connectivity index (χ1) is 5.83. The van der Waals surface area contributed by atoms with Gasteiger partial charge in [-0.1, -0.05) is 11.3 Å². The fraction of sp³-hybridized carbons (Fsp3) is 0.667. The summed E-state index contributed by atoms with van der Waals surface area (Å²) in [5, 5.41) is 8.60. The highest BCUT2D eigenvalue weighted by atomic mass is 35.5. The lowest BCUT2D eigenvalue weighted by molar-refractivity contribution is 0.942. The van der Waals surface area contributed by atoms with Gasteiger partial charge in [-0.15, -0.1) is 10.2 Å². The second-order valence-corrected chi connectivity index (χ2v) is 4.89. The molecule has 1 heterocycles. The van der Waals surface area contributed by atoms with Crippen molar-refractivity contribution in [3.8, 4) is 0 Å². The second kappa shape index (κ2) is 5.75. The van der Waals surface area contributed by atoms with Gasteiger partial charge in [-0.2, -0.15) is 11.8 Å². The maximum atomic E-state index is 5.62. The molecule has 0 aromatic carbocycles. The molecule has 0 aliphatic carbocycles. The Labute approximate surface area is 84.7 Å². The molecule has 0 aliphatic heterocycles. The zero-order chi connectivity index (χ0) is 8.81. The molecule has 68 valence electrons. The summed E-state index contributed by atoms with van der Waals surface area (Å²) < 4.78 is 0.518. The SMILES string of the molecule is NCCCSCc1nnc(Cl)s1. The van der Waals surface area contributed by atoms with Crippen LogP contribution in [0.5, 0.6) is 0 Å². The van der Waals surface area contributed by atoms with Crippen LogP contribution in [0.4, 0.5) is 0 Å². The van der Waals surface area contributed by atoms with Gasteiger partial charge in [0.05, 0.1) is 0 Å². The standard InChI is InChI=1S/C6H10ClN3S2/c7-6-10-9-5(12-6)4-11-3-1-2-8/h1-4,8H2. The maximum absolute atomic E-state index is 5.62. The highest BCUT2D eigenvalue weighted by Gasteiger charge is 2.00. The first-order valence-corrected chi connectivity index (χ1v) is 5.93. The van der Waals surface area contributed by atoms with Crippen molar-refractivity contribution >= 4 is 34.7 Å². The van der Waals surface area contributed by atoms with E-state index in [2.05, 4.69) is 10.2 Å². The molecular formula is C6H10ClN3S2. The van der Waals surface area contributed by atoms with Gasteiger partial charge in [-0.25, -0.2) is 0 Å². The van der Waals surface area contributed by atoms with Crippen molar-refractivity contribution in [1.29, 1.82) is 0 Å². The minimum atomic E-state index is 0.518. The van der Waals surface area contributed by atoms with Crippen LogP contribution in [0.1, 0.15) is 11.4 Å². The third-order valence-electron chi connectivity index (χ3n) is 1.16. The third-order valence-corrected chi connectivity index (χ3v) is 3.42. The van der Waals surface area contributed by atoms with Crippen molar-refractivity contribution < 1.29 is 0 Å². The topological polar surface area (TPSA) is 51.8 Å². The molecule has 0 aliphatic rings. The van der Waals surface area contributed by atoms with Gasteiger partial charge in [0.15, 0.2) is 0 Å². The van der Waals surface area contributed by atoms with E-state index in [1.165, 1.54) is 11.3 Å². The molecule has 1 aromatic rings. The van der Waals surface area contributed by atoms with Gasteiger partial charge in [0.25, 0.3) is 0 Å². The van der Waals surface area contributed by atoms with Crippen molar-refractivity contribution in [2.75, 3.05) is 12.3 Å². The summed E-state index contributed by atoms with van der Waals surface area (Å²) in [5.41, 5.74) is 5.35. The zero-order valence-corrected chi connectivity index (χ0v) is 8.88. The lowest BCUT2D eigenvalue weighted by atomic mass is 10.5. The van der Waals surface area contributed by atoms with Crippen LogP contribution >= 0.6 is 34.7 Å². The van der Waals surface area contributed by atoms with E-state index >= 15 is 0 Å². The molecule has 0 fully saturated rings. The van der Waals surface area contributed by atoms with E-state index in [9.17, 15) is 0 Å². The first-order valence-electron chi connectivity index (χ1n) is 3.58. The molecule has 0 atom stereocenters. The smallest absolute Gasteiger partial charge is 0.207 e. The van der Waals surface area contributed by atoms with E-state index in [-0.39, 0.29) is 0 Å². The molecule has 0 spiro atoms. The number of halogens is 1. The predicted octanol–water partition coefficient (Wildman–Crippen LogP) is 1.77. The Bertz CT molecular complexity index is 228. The van der Waals surface area contributed by atoms with Gasteiger partial charge in [-0.05, 0) is 30.3 Å². The number of nitrogens with two attached hydrogens (primary N) is 1. The Kier molecular flexibility index (Phi) is 4.90. The average Bonchev–Trinajstić information content (AvgIpc) is 2.45. The lowest BCUT2D eigenvalue weighted by Crippen LogP contribution is -1.99. The number of rotatable bonds is 5. The number of hydrogen-bond acceptors (Lipinski definition) is 5. The Morgan fingerprint density at radius 2 is 2.33 bits per heavy atom. The van der Waals surface area contributed by atoms with Crippen LogP contribution in [0.2, 0.25) is 4.47 Å². The summed E-state index contributed by atoms with van der Waals surface area (Å²) in [7, 11) is 0. The Morgan fingerprint density at radius 3 is 2.92 bits per heavy atom. The van der Waals surface area contributed by atoms with Crippen molar-refractivity contribution in [3.05, 3.63) is 9.47 Å². The number of hydrogen-bond donors (Lipinski definition) is 1. The van der Waals surface area contributed by atoms with Gasteiger partial charge >= 0.3 is 0 Å². The monoisotopic (exact) mass is 223 g/mol. The maximum Gasteiger partial charge on any atom is 0.207 e. The minimum absolute atomic E-state index is 0.518. The Hall–Kier alpha value is 0.160. The normalized spacial score (nSPS) is 10.5. The fourth-order valence-electron chi connectivity index (χ4n) is 0.636. The summed E-state index contributed by atoms with van der Waals surface area (Å²) >= 11 is 8.87. The molecule has 6 heteroatoms. The van der Waals surface area contributed by atoms with Crippen molar-refractivity contribution in [1.82, 2.24) is 10.2 Å². The number of thioether (sulfide) groups is 1. The molecular weight excluding hydrogens is 214 g/mol. The van der Waals surface area contributed by atoms with Crippen LogP contribution in [-0.2, 0) is 5.75 Å². The van der Waals surface area contributed by atoms with Crippen LogP contribution in [0.25, 0.3) is 0 Å². The van der Waals surface area contributed by atoms with Crippen molar-refractivity contribution in [2.45, 2.75) is 12.2 Å².